The number of aryl methyl sites for hydroxylation is 2. The summed E-state index contributed by atoms with van der Waals surface area (Å²) in [6.45, 7) is 2.49. The molecule has 0 aliphatic rings. The van der Waals surface area contributed by atoms with E-state index in [0.717, 1.165) is 16.3 Å². The lowest BCUT2D eigenvalue weighted by Gasteiger charge is -2.04. The van der Waals surface area contributed by atoms with Crippen LogP contribution < -0.4 is 10.5 Å². The number of nitrogens with one attached hydrogen (secondary N) is 1. The second-order valence-corrected chi connectivity index (χ2v) is 7.51. The fraction of sp³-hybridized carbons (Fsp3) is 0.455. The minimum atomic E-state index is -3.48. The number of sulfonamides is 1. The summed E-state index contributed by atoms with van der Waals surface area (Å²) in [5.41, 5.74) is 6.47. The third-order valence-corrected chi connectivity index (χ3v) is 6.09. The van der Waals surface area contributed by atoms with Crippen molar-refractivity contribution in [1.29, 1.82) is 0 Å². The van der Waals surface area contributed by atoms with Crippen LogP contribution in [0.4, 0.5) is 0 Å². The largest absolute Gasteiger partial charge is 0.326 e. The quantitative estimate of drug-likeness (QED) is 0.790. The van der Waals surface area contributed by atoms with Crippen LogP contribution in [-0.2, 0) is 30.0 Å². The maximum atomic E-state index is 12.1. The molecule has 0 saturated heterocycles. The molecule has 0 bridgehead atoms. The molecule has 110 valence electrons. The van der Waals surface area contributed by atoms with Crippen LogP contribution in [0.5, 0.6) is 0 Å². The van der Waals surface area contributed by atoms with E-state index in [4.69, 9.17) is 5.73 Å². The minimum Gasteiger partial charge on any atom is -0.326 e. The molecule has 0 spiro atoms. The monoisotopic (exact) mass is 315 g/mol. The second kappa shape index (κ2) is 6.00. The van der Waals surface area contributed by atoms with E-state index in [2.05, 4.69) is 14.9 Å². The van der Waals surface area contributed by atoms with Crippen molar-refractivity contribution in [3.05, 3.63) is 28.7 Å². The predicted octanol–water partition coefficient (Wildman–Crippen LogP) is 0.165. The summed E-state index contributed by atoms with van der Waals surface area (Å²) in [7, 11) is -1.66. The molecule has 0 radical (unpaired) electrons. The summed E-state index contributed by atoms with van der Waals surface area (Å²) in [5, 5.41) is 7.65. The van der Waals surface area contributed by atoms with E-state index in [0.29, 0.717) is 17.2 Å². The summed E-state index contributed by atoms with van der Waals surface area (Å²) >= 11 is 1.21. The van der Waals surface area contributed by atoms with Crippen molar-refractivity contribution in [2.45, 2.75) is 24.1 Å². The van der Waals surface area contributed by atoms with Gasteiger partial charge in [0.1, 0.15) is 16.4 Å². The van der Waals surface area contributed by atoms with E-state index >= 15 is 0 Å². The first-order valence-corrected chi connectivity index (χ1v) is 8.36. The third-order valence-electron chi connectivity index (χ3n) is 2.89. The molecule has 0 fully saturated rings. The van der Waals surface area contributed by atoms with Crippen molar-refractivity contribution in [2.24, 2.45) is 12.8 Å². The van der Waals surface area contributed by atoms with E-state index in [1.165, 1.54) is 11.3 Å². The number of hydrogen-bond acceptors (Lipinski definition) is 6. The zero-order valence-corrected chi connectivity index (χ0v) is 13.0. The maximum absolute atomic E-state index is 12.1. The van der Waals surface area contributed by atoms with Gasteiger partial charge in [-0.1, -0.05) is 0 Å². The molecule has 0 unspecified atom stereocenters. The average Bonchev–Trinajstić information content (AvgIpc) is 2.96. The Labute approximate surface area is 121 Å². The molecule has 0 aromatic carbocycles. The molecule has 0 saturated carbocycles. The van der Waals surface area contributed by atoms with Gasteiger partial charge in [0.2, 0.25) is 10.0 Å². The zero-order valence-electron chi connectivity index (χ0n) is 11.3. The Balaban J connectivity index is 2.02. The van der Waals surface area contributed by atoms with Gasteiger partial charge in [0.15, 0.2) is 0 Å². The first-order valence-electron chi connectivity index (χ1n) is 6.06. The van der Waals surface area contributed by atoms with Crippen LogP contribution in [0.25, 0.3) is 0 Å². The molecule has 20 heavy (non-hydrogen) atoms. The van der Waals surface area contributed by atoms with Crippen molar-refractivity contribution in [3.63, 3.8) is 0 Å². The fourth-order valence-electron chi connectivity index (χ4n) is 1.73. The number of nitrogens with zero attached hydrogens (tertiary/aromatic N) is 3. The molecule has 0 aliphatic heterocycles. The van der Waals surface area contributed by atoms with Gasteiger partial charge in [-0.05, 0) is 18.6 Å². The molecule has 2 aromatic heterocycles. The maximum Gasteiger partial charge on any atom is 0.250 e. The Kier molecular flexibility index (Phi) is 4.53. The number of thiophene rings is 1. The fourth-order valence-corrected chi connectivity index (χ4v) is 4.27. The van der Waals surface area contributed by atoms with Gasteiger partial charge in [-0.15, -0.1) is 21.5 Å². The normalized spacial score (nSPS) is 11.9. The second-order valence-electron chi connectivity index (χ2n) is 4.38. The molecule has 2 heterocycles. The Bertz CT molecular complexity index is 689. The first-order chi connectivity index (χ1) is 9.44. The SMILES string of the molecule is Cc1cc(S(=O)(=O)NCCc2nncn2C)sc1CN. The van der Waals surface area contributed by atoms with Crippen molar-refractivity contribution >= 4 is 21.4 Å². The highest BCUT2D eigenvalue weighted by Crippen LogP contribution is 2.25. The summed E-state index contributed by atoms with van der Waals surface area (Å²) < 4.78 is 28.9. The Morgan fingerprint density at radius 2 is 2.25 bits per heavy atom. The topological polar surface area (TPSA) is 103 Å². The van der Waals surface area contributed by atoms with Crippen LogP contribution in [0.15, 0.2) is 16.6 Å². The molecular weight excluding hydrogens is 298 g/mol. The van der Waals surface area contributed by atoms with Gasteiger partial charge in [0.05, 0.1) is 0 Å². The standard InChI is InChI=1S/C11H17N5O2S2/c1-8-5-11(19-9(8)6-12)20(17,18)14-4-3-10-15-13-7-16(10)2/h5,7,14H,3-4,6,12H2,1-2H3. The highest BCUT2D eigenvalue weighted by atomic mass is 32.2. The van der Waals surface area contributed by atoms with Crippen LogP contribution in [0.2, 0.25) is 0 Å². The molecule has 2 rings (SSSR count). The van der Waals surface area contributed by atoms with Crippen LogP contribution in [0.1, 0.15) is 16.3 Å². The van der Waals surface area contributed by atoms with Gasteiger partial charge in [0, 0.05) is 31.4 Å². The first kappa shape index (κ1) is 15.1. The lowest BCUT2D eigenvalue weighted by Crippen LogP contribution is -2.26. The Morgan fingerprint density at radius 3 is 2.80 bits per heavy atom. The number of nitrogens with two attached hydrogens (primary N) is 1. The van der Waals surface area contributed by atoms with E-state index in [9.17, 15) is 8.42 Å². The van der Waals surface area contributed by atoms with Crippen LogP contribution >= 0.6 is 11.3 Å². The minimum absolute atomic E-state index is 0.282. The van der Waals surface area contributed by atoms with Gasteiger partial charge >= 0.3 is 0 Å². The predicted molar refractivity (Wildman–Crippen MR) is 76.8 cm³/mol. The third kappa shape index (κ3) is 3.23. The summed E-state index contributed by atoms with van der Waals surface area (Å²) in [6, 6.07) is 1.65. The molecule has 0 amide bonds. The van der Waals surface area contributed by atoms with Crippen molar-refractivity contribution in [1.82, 2.24) is 19.5 Å². The van der Waals surface area contributed by atoms with Crippen molar-refractivity contribution in [2.75, 3.05) is 6.54 Å². The highest BCUT2D eigenvalue weighted by molar-refractivity contribution is 7.91. The smallest absolute Gasteiger partial charge is 0.250 e. The van der Waals surface area contributed by atoms with Gasteiger partial charge in [-0.3, -0.25) is 0 Å². The highest BCUT2D eigenvalue weighted by Gasteiger charge is 2.18. The van der Waals surface area contributed by atoms with E-state index < -0.39 is 10.0 Å². The van der Waals surface area contributed by atoms with Gasteiger partial charge < -0.3 is 10.3 Å². The van der Waals surface area contributed by atoms with Crippen molar-refractivity contribution < 1.29 is 8.42 Å². The van der Waals surface area contributed by atoms with Gasteiger partial charge in [-0.25, -0.2) is 13.1 Å². The van der Waals surface area contributed by atoms with Gasteiger partial charge in [0.25, 0.3) is 0 Å². The molecule has 0 aliphatic carbocycles. The average molecular weight is 315 g/mol. The van der Waals surface area contributed by atoms with Gasteiger partial charge in [-0.2, -0.15) is 0 Å². The Morgan fingerprint density at radius 1 is 1.50 bits per heavy atom. The summed E-state index contributed by atoms with van der Waals surface area (Å²) in [5.74, 6) is 0.734. The van der Waals surface area contributed by atoms with E-state index in [1.807, 2.05) is 14.0 Å². The molecule has 9 heteroatoms. The molecule has 7 nitrogen and oxygen atoms in total. The van der Waals surface area contributed by atoms with Crippen molar-refractivity contribution in [3.8, 4) is 0 Å². The van der Waals surface area contributed by atoms with Crippen LogP contribution in [0, 0.1) is 6.92 Å². The Hall–Kier alpha value is -1.29. The van der Waals surface area contributed by atoms with E-state index in [1.54, 1.807) is 17.0 Å². The lowest BCUT2D eigenvalue weighted by atomic mass is 10.3. The van der Waals surface area contributed by atoms with Crippen LogP contribution in [-0.4, -0.2) is 29.7 Å². The van der Waals surface area contributed by atoms with E-state index in [-0.39, 0.29) is 6.54 Å². The zero-order chi connectivity index (χ0) is 14.8. The number of aromatic nitrogens is 3. The molecule has 0 atom stereocenters. The lowest BCUT2D eigenvalue weighted by molar-refractivity contribution is 0.582. The molecule has 2 aromatic rings. The molecule has 3 N–H and O–H groups in total. The van der Waals surface area contributed by atoms with Crippen LogP contribution in [0.3, 0.4) is 0 Å². The number of hydrogen-bond donors (Lipinski definition) is 2. The summed E-state index contributed by atoms with van der Waals surface area (Å²) in [4.78, 5) is 0.888. The number of rotatable bonds is 6. The molecular formula is C11H17N5O2S2. The summed E-state index contributed by atoms with van der Waals surface area (Å²) in [6.07, 6.45) is 2.07.